The van der Waals surface area contributed by atoms with E-state index in [-0.39, 0.29) is 12.5 Å². The molecule has 0 aliphatic carbocycles. The summed E-state index contributed by atoms with van der Waals surface area (Å²) in [6.45, 7) is 2.39. The van der Waals surface area contributed by atoms with Gasteiger partial charge in [0.05, 0.1) is 17.9 Å². The highest BCUT2D eigenvalue weighted by molar-refractivity contribution is 8.19. The van der Waals surface area contributed by atoms with Crippen LogP contribution in [-0.4, -0.2) is 37.3 Å². The Morgan fingerprint density at radius 3 is 2.57 bits per heavy atom. The van der Waals surface area contributed by atoms with E-state index < -0.39 is 0 Å². The van der Waals surface area contributed by atoms with Gasteiger partial charge in [-0.3, -0.25) is 4.79 Å². The minimum atomic E-state index is -0.336. The number of hydrogen-bond donors (Lipinski definition) is 1. The summed E-state index contributed by atoms with van der Waals surface area (Å²) in [6, 6.07) is 21.6. The largest absolute Gasteiger partial charge is 0.493 e. The van der Waals surface area contributed by atoms with Crippen LogP contribution in [0, 0.1) is 6.92 Å². The Labute approximate surface area is 214 Å². The number of rotatable bonds is 10. The number of carbonyl (C=O) groups is 1. The number of amides is 1. The minimum Gasteiger partial charge on any atom is -0.493 e. The summed E-state index contributed by atoms with van der Waals surface area (Å²) >= 11 is 3.92. The van der Waals surface area contributed by atoms with E-state index in [4.69, 9.17) is 14.2 Å². The molecular formula is C27H28N2O4S2. The lowest BCUT2D eigenvalue weighted by Crippen LogP contribution is -2.24. The van der Waals surface area contributed by atoms with Crippen LogP contribution in [0.25, 0.3) is 0 Å². The monoisotopic (exact) mass is 508 g/mol. The molecule has 0 bridgehead atoms. The van der Waals surface area contributed by atoms with Gasteiger partial charge < -0.3 is 14.2 Å². The quantitative estimate of drug-likeness (QED) is 0.284. The zero-order valence-corrected chi connectivity index (χ0v) is 21.4. The summed E-state index contributed by atoms with van der Waals surface area (Å²) in [5, 5.41) is 4.02. The second-order valence-electron chi connectivity index (χ2n) is 7.91. The molecule has 182 valence electrons. The molecule has 0 unspecified atom stereocenters. The number of nitrogens with one attached hydrogen (secondary N) is 1. The molecular weight excluding hydrogens is 480 g/mol. The first-order chi connectivity index (χ1) is 17.1. The summed E-state index contributed by atoms with van der Waals surface area (Å²) in [5.74, 6) is 3.93. The Bertz CT molecular complexity index is 1160. The number of aryl methyl sites for hydroxylation is 1. The van der Waals surface area contributed by atoms with Gasteiger partial charge in [-0.05, 0) is 53.9 Å². The Hall–Kier alpha value is -3.10. The number of carbonyl (C=O) groups excluding carboxylic acids is 1. The third kappa shape index (κ3) is 7.44. The number of thioether (sulfide) groups is 2. The Morgan fingerprint density at radius 2 is 1.83 bits per heavy atom. The number of hydrazone groups is 1. The van der Waals surface area contributed by atoms with Crippen molar-refractivity contribution in [1.82, 2.24) is 5.43 Å². The van der Waals surface area contributed by atoms with Crippen molar-refractivity contribution in [3.63, 3.8) is 0 Å². The predicted molar refractivity (Wildman–Crippen MR) is 144 cm³/mol. The van der Waals surface area contributed by atoms with Crippen molar-refractivity contribution in [2.75, 3.05) is 25.2 Å². The van der Waals surface area contributed by atoms with Gasteiger partial charge in [0.15, 0.2) is 18.1 Å². The van der Waals surface area contributed by atoms with Crippen LogP contribution >= 0.6 is 23.5 Å². The topological polar surface area (TPSA) is 69.2 Å². The summed E-state index contributed by atoms with van der Waals surface area (Å²) in [7, 11) is 1.59. The molecule has 0 saturated carbocycles. The SMILES string of the molecule is COc1cc(/C=N\NC(=O)COc2ccc(C3SCCS3)cc2)ccc1OCc1cccc(C)c1. The van der Waals surface area contributed by atoms with E-state index in [2.05, 4.69) is 41.7 Å². The van der Waals surface area contributed by atoms with Crippen molar-refractivity contribution in [1.29, 1.82) is 0 Å². The van der Waals surface area contributed by atoms with Gasteiger partial charge in [0.25, 0.3) is 5.91 Å². The molecule has 3 aromatic carbocycles. The van der Waals surface area contributed by atoms with Gasteiger partial charge in [-0.1, -0.05) is 42.0 Å². The first-order valence-electron chi connectivity index (χ1n) is 11.2. The van der Waals surface area contributed by atoms with Gasteiger partial charge in [0.2, 0.25) is 0 Å². The van der Waals surface area contributed by atoms with Crippen LogP contribution in [0.2, 0.25) is 0 Å². The van der Waals surface area contributed by atoms with Crippen LogP contribution in [0.15, 0.2) is 71.8 Å². The summed E-state index contributed by atoms with van der Waals surface area (Å²) < 4.78 is 17.4. The van der Waals surface area contributed by atoms with E-state index >= 15 is 0 Å². The molecule has 1 aliphatic heterocycles. The van der Waals surface area contributed by atoms with Crippen molar-refractivity contribution in [3.05, 3.63) is 89.0 Å². The van der Waals surface area contributed by atoms with Crippen LogP contribution in [0.3, 0.4) is 0 Å². The Balaban J connectivity index is 1.24. The standard InChI is InChI=1S/C27H28N2O4S2/c1-19-4-3-5-21(14-19)17-33-24-11-6-20(15-25(24)31-2)16-28-29-26(30)18-32-23-9-7-22(8-10-23)27-34-12-13-35-27/h3-11,14-16,27H,12-13,17-18H2,1-2H3,(H,29,30)/b28-16-. The van der Waals surface area contributed by atoms with E-state index in [1.54, 1.807) is 19.4 Å². The molecule has 6 nitrogen and oxygen atoms in total. The predicted octanol–water partition coefficient (Wildman–Crippen LogP) is 5.59. The molecule has 8 heteroatoms. The number of hydrogen-bond acceptors (Lipinski definition) is 7. The molecule has 35 heavy (non-hydrogen) atoms. The maximum Gasteiger partial charge on any atom is 0.277 e. The van der Waals surface area contributed by atoms with Gasteiger partial charge in [0.1, 0.15) is 12.4 Å². The molecule has 4 rings (SSSR count). The Morgan fingerprint density at radius 1 is 1.03 bits per heavy atom. The molecule has 1 heterocycles. The van der Waals surface area contributed by atoms with E-state index in [0.29, 0.717) is 28.4 Å². The molecule has 1 fully saturated rings. The smallest absolute Gasteiger partial charge is 0.277 e. The molecule has 0 atom stereocenters. The summed E-state index contributed by atoms with van der Waals surface area (Å²) in [5.41, 5.74) is 6.81. The summed E-state index contributed by atoms with van der Waals surface area (Å²) in [4.78, 5) is 12.1. The van der Waals surface area contributed by atoms with Crippen LogP contribution in [-0.2, 0) is 11.4 Å². The molecule has 0 spiro atoms. The zero-order valence-electron chi connectivity index (χ0n) is 19.7. The highest BCUT2D eigenvalue weighted by Gasteiger charge is 2.18. The molecule has 3 aromatic rings. The van der Waals surface area contributed by atoms with E-state index in [1.807, 2.05) is 59.9 Å². The highest BCUT2D eigenvalue weighted by Crippen LogP contribution is 2.45. The first-order valence-corrected chi connectivity index (χ1v) is 13.3. The maximum atomic E-state index is 12.1. The van der Waals surface area contributed by atoms with Crippen LogP contribution < -0.4 is 19.6 Å². The molecule has 0 aromatic heterocycles. The maximum absolute atomic E-state index is 12.1. The molecule has 1 N–H and O–H groups in total. The van der Waals surface area contributed by atoms with E-state index in [1.165, 1.54) is 22.6 Å². The van der Waals surface area contributed by atoms with Crippen molar-refractivity contribution >= 4 is 35.6 Å². The van der Waals surface area contributed by atoms with Crippen LogP contribution in [0.4, 0.5) is 0 Å². The number of ether oxygens (including phenoxy) is 3. The second kappa shape index (κ2) is 12.6. The first kappa shape index (κ1) is 25.0. The van der Waals surface area contributed by atoms with Gasteiger partial charge in [-0.15, -0.1) is 23.5 Å². The lowest BCUT2D eigenvalue weighted by atomic mass is 10.1. The number of benzene rings is 3. The van der Waals surface area contributed by atoms with Crippen molar-refractivity contribution < 1.29 is 19.0 Å². The van der Waals surface area contributed by atoms with Gasteiger partial charge in [0, 0.05) is 11.5 Å². The molecule has 1 aliphatic rings. The van der Waals surface area contributed by atoms with Gasteiger partial charge >= 0.3 is 0 Å². The Kier molecular flexibility index (Phi) is 8.97. The average molecular weight is 509 g/mol. The zero-order chi connectivity index (χ0) is 24.5. The normalized spacial score (nSPS) is 13.7. The lowest BCUT2D eigenvalue weighted by molar-refractivity contribution is -0.123. The fourth-order valence-corrected chi connectivity index (χ4v) is 6.34. The fourth-order valence-electron chi connectivity index (χ4n) is 3.48. The van der Waals surface area contributed by atoms with Crippen LogP contribution in [0.5, 0.6) is 17.2 Å². The molecule has 1 amide bonds. The third-order valence-corrected chi connectivity index (χ3v) is 8.32. The number of nitrogens with zero attached hydrogens (tertiary/aromatic N) is 1. The van der Waals surface area contributed by atoms with Crippen LogP contribution in [0.1, 0.15) is 26.8 Å². The van der Waals surface area contributed by atoms with Crippen molar-refractivity contribution in [3.8, 4) is 17.2 Å². The van der Waals surface area contributed by atoms with Crippen molar-refractivity contribution in [2.24, 2.45) is 5.10 Å². The summed E-state index contributed by atoms with van der Waals surface area (Å²) in [6.07, 6.45) is 1.55. The van der Waals surface area contributed by atoms with E-state index in [0.717, 1.165) is 11.1 Å². The molecule has 1 saturated heterocycles. The van der Waals surface area contributed by atoms with Gasteiger partial charge in [-0.25, -0.2) is 5.43 Å². The average Bonchev–Trinajstić information content (AvgIpc) is 3.42. The minimum absolute atomic E-state index is 0.112. The lowest BCUT2D eigenvalue weighted by Gasteiger charge is -2.11. The fraction of sp³-hybridized carbons (Fsp3) is 0.259. The third-order valence-electron chi connectivity index (χ3n) is 5.21. The van der Waals surface area contributed by atoms with Crippen molar-refractivity contribution in [2.45, 2.75) is 18.1 Å². The number of methoxy groups -OCH3 is 1. The second-order valence-corrected chi connectivity index (χ2v) is 10.6. The molecule has 0 radical (unpaired) electrons. The van der Waals surface area contributed by atoms with E-state index in [9.17, 15) is 4.79 Å². The highest BCUT2D eigenvalue weighted by atomic mass is 32.2. The van der Waals surface area contributed by atoms with Gasteiger partial charge in [-0.2, -0.15) is 5.10 Å².